The largest absolute Gasteiger partial charge is 0.495 e. The first-order valence-corrected chi connectivity index (χ1v) is 5.02. The minimum atomic E-state index is -0.324. The van der Waals surface area contributed by atoms with Crippen molar-refractivity contribution in [2.45, 2.75) is 25.8 Å². The van der Waals surface area contributed by atoms with Gasteiger partial charge >= 0.3 is 0 Å². The third kappa shape index (κ3) is 2.20. The van der Waals surface area contributed by atoms with E-state index in [0.29, 0.717) is 10.8 Å². The molecule has 1 aromatic carbocycles. The molecule has 0 radical (unpaired) electrons. The number of ether oxygens (including phenoxy) is 1. The Kier molecular flexibility index (Phi) is 3.40. The molecule has 0 aliphatic carbocycles. The summed E-state index contributed by atoms with van der Waals surface area (Å²) in [5.41, 5.74) is 6.81. The summed E-state index contributed by atoms with van der Waals surface area (Å²) in [7, 11) is 1.60. The monoisotopic (exact) mass is 213 g/mol. The van der Waals surface area contributed by atoms with Gasteiger partial charge in [0.15, 0.2) is 0 Å². The highest BCUT2D eigenvalue weighted by Gasteiger charge is 2.19. The first-order chi connectivity index (χ1) is 6.51. The van der Waals surface area contributed by atoms with Crippen LogP contribution >= 0.6 is 11.6 Å². The summed E-state index contributed by atoms with van der Waals surface area (Å²) in [5, 5.41) is 0.607. The van der Waals surface area contributed by atoms with Crippen LogP contribution in [0.25, 0.3) is 0 Å². The molecule has 0 saturated heterocycles. The molecule has 78 valence electrons. The standard InChI is InChI=1S/C11H16ClNO/c1-4-11(2,13)8-5-6-10(14-3)9(12)7-8/h5-7H,4,13H2,1-3H3. The van der Waals surface area contributed by atoms with Crippen LogP contribution in [0.3, 0.4) is 0 Å². The molecule has 0 heterocycles. The first kappa shape index (κ1) is 11.3. The van der Waals surface area contributed by atoms with Crippen molar-refractivity contribution >= 4 is 11.6 Å². The maximum Gasteiger partial charge on any atom is 0.137 e. The molecule has 2 N–H and O–H groups in total. The van der Waals surface area contributed by atoms with Gasteiger partial charge in [0.2, 0.25) is 0 Å². The minimum Gasteiger partial charge on any atom is -0.495 e. The molecule has 0 amide bonds. The molecule has 14 heavy (non-hydrogen) atoms. The van der Waals surface area contributed by atoms with E-state index >= 15 is 0 Å². The Hall–Kier alpha value is -0.730. The van der Waals surface area contributed by atoms with Crippen LogP contribution in [0.4, 0.5) is 0 Å². The van der Waals surface area contributed by atoms with E-state index in [1.54, 1.807) is 7.11 Å². The first-order valence-electron chi connectivity index (χ1n) is 4.64. The molecule has 0 aliphatic heterocycles. The third-order valence-corrected chi connectivity index (χ3v) is 2.84. The van der Waals surface area contributed by atoms with E-state index in [2.05, 4.69) is 6.92 Å². The molecular formula is C11H16ClNO. The van der Waals surface area contributed by atoms with Crippen molar-refractivity contribution in [2.75, 3.05) is 7.11 Å². The van der Waals surface area contributed by atoms with E-state index in [-0.39, 0.29) is 5.54 Å². The quantitative estimate of drug-likeness (QED) is 0.838. The summed E-state index contributed by atoms with van der Waals surface area (Å²) in [6.07, 6.45) is 0.871. The maximum absolute atomic E-state index is 6.10. The van der Waals surface area contributed by atoms with Gasteiger partial charge in [-0.05, 0) is 31.0 Å². The molecule has 0 bridgehead atoms. The van der Waals surface area contributed by atoms with E-state index in [1.807, 2.05) is 25.1 Å². The van der Waals surface area contributed by atoms with Gasteiger partial charge in [-0.2, -0.15) is 0 Å². The molecule has 1 unspecified atom stereocenters. The van der Waals surface area contributed by atoms with Gasteiger partial charge < -0.3 is 10.5 Å². The zero-order valence-electron chi connectivity index (χ0n) is 8.80. The van der Waals surface area contributed by atoms with Crippen molar-refractivity contribution in [3.8, 4) is 5.75 Å². The number of hydrogen-bond acceptors (Lipinski definition) is 2. The number of nitrogens with two attached hydrogens (primary N) is 1. The van der Waals surface area contributed by atoms with Gasteiger partial charge in [0.05, 0.1) is 12.1 Å². The molecule has 0 aromatic heterocycles. The third-order valence-electron chi connectivity index (χ3n) is 2.55. The lowest BCUT2D eigenvalue weighted by Crippen LogP contribution is -2.31. The maximum atomic E-state index is 6.10. The van der Waals surface area contributed by atoms with E-state index in [9.17, 15) is 0 Å². The van der Waals surface area contributed by atoms with E-state index in [4.69, 9.17) is 22.1 Å². The molecule has 1 rings (SSSR count). The second kappa shape index (κ2) is 4.20. The van der Waals surface area contributed by atoms with E-state index < -0.39 is 0 Å². The zero-order chi connectivity index (χ0) is 10.8. The number of halogens is 1. The van der Waals surface area contributed by atoms with Crippen LogP contribution in [0.15, 0.2) is 18.2 Å². The summed E-state index contributed by atoms with van der Waals surface area (Å²) < 4.78 is 5.07. The molecule has 1 aromatic rings. The van der Waals surface area contributed by atoms with Crippen LogP contribution in [0.2, 0.25) is 5.02 Å². The van der Waals surface area contributed by atoms with Gasteiger partial charge in [-0.3, -0.25) is 0 Å². The Morgan fingerprint density at radius 3 is 2.57 bits per heavy atom. The topological polar surface area (TPSA) is 35.2 Å². The van der Waals surface area contributed by atoms with Crippen molar-refractivity contribution in [2.24, 2.45) is 5.73 Å². The summed E-state index contributed by atoms with van der Waals surface area (Å²) >= 11 is 6.01. The Balaban J connectivity index is 3.08. The molecular weight excluding hydrogens is 198 g/mol. The molecule has 0 fully saturated rings. The van der Waals surface area contributed by atoms with E-state index in [1.165, 1.54) is 0 Å². The Bertz CT molecular complexity index is 323. The van der Waals surface area contributed by atoms with Crippen molar-refractivity contribution in [3.05, 3.63) is 28.8 Å². The van der Waals surface area contributed by atoms with Crippen LogP contribution in [-0.4, -0.2) is 7.11 Å². The highest BCUT2D eigenvalue weighted by molar-refractivity contribution is 6.32. The van der Waals surface area contributed by atoms with Crippen molar-refractivity contribution < 1.29 is 4.74 Å². The second-order valence-corrected chi connectivity index (χ2v) is 4.03. The highest BCUT2D eigenvalue weighted by Crippen LogP contribution is 2.30. The summed E-state index contributed by atoms with van der Waals surface area (Å²) in [6, 6.07) is 5.66. The number of rotatable bonds is 3. The lowest BCUT2D eigenvalue weighted by molar-refractivity contribution is 0.413. The molecule has 0 spiro atoms. The number of hydrogen-bond donors (Lipinski definition) is 1. The van der Waals surface area contributed by atoms with Crippen molar-refractivity contribution in [3.63, 3.8) is 0 Å². The highest BCUT2D eigenvalue weighted by atomic mass is 35.5. The fourth-order valence-corrected chi connectivity index (χ4v) is 1.48. The molecule has 0 aliphatic rings. The van der Waals surface area contributed by atoms with Crippen molar-refractivity contribution in [1.29, 1.82) is 0 Å². The lowest BCUT2D eigenvalue weighted by atomic mass is 9.91. The Morgan fingerprint density at radius 1 is 1.50 bits per heavy atom. The van der Waals surface area contributed by atoms with Gasteiger partial charge in [0.1, 0.15) is 5.75 Å². The lowest BCUT2D eigenvalue weighted by Gasteiger charge is -2.23. The number of methoxy groups -OCH3 is 1. The molecule has 0 saturated carbocycles. The van der Waals surface area contributed by atoms with Gasteiger partial charge in [-0.1, -0.05) is 24.6 Å². The fourth-order valence-electron chi connectivity index (χ4n) is 1.23. The van der Waals surface area contributed by atoms with Gasteiger partial charge in [0.25, 0.3) is 0 Å². The van der Waals surface area contributed by atoms with Gasteiger partial charge in [0, 0.05) is 5.54 Å². The smallest absolute Gasteiger partial charge is 0.137 e. The SMILES string of the molecule is CCC(C)(N)c1ccc(OC)c(Cl)c1. The van der Waals surface area contributed by atoms with Gasteiger partial charge in [-0.25, -0.2) is 0 Å². The van der Waals surface area contributed by atoms with Crippen LogP contribution < -0.4 is 10.5 Å². The van der Waals surface area contributed by atoms with Crippen LogP contribution in [-0.2, 0) is 5.54 Å². The number of benzene rings is 1. The normalized spacial score (nSPS) is 14.9. The average molecular weight is 214 g/mol. The second-order valence-electron chi connectivity index (χ2n) is 3.62. The molecule has 2 nitrogen and oxygen atoms in total. The van der Waals surface area contributed by atoms with Crippen LogP contribution in [0, 0.1) is 0 Å². The predicted octanol–water partition coefficient (Wildman–Crippen LogP) is 2.93. The molecule has 1 atom stereocenters. The summed E-state index contributed by atoms with van der Waals surface area (Å²) in [6.45, 7) is 4.04. The molecule has 3 heteroatoms. The zero-order valence-corrected chi connectivity index (χ0v) is 9.56. The minimum absolute atomic E-state index is 0.324. The summed E-state index contributed by atoms with van der Waals surface area (Å²) in [5.74, 6) is 0.683. The van der Waals surface area contributed by atoms with Crippen LogP contribution in [0.5, 0.6) is 5.75 Å². The predicted molar refractivity (Wildman–Crippen MR) is 59.8 cm³/mol. The average Bonchev–Trinajstić information content (AvgIpc) is 2.17. The Morgan fingerprint density at radius 2 is 2.14 bits per heavy atom. The van der Waals surface area contributed by atoms with Crippen molar-refractivity contribution in [1.82, 2.24) is 0 Å². The van der Waals surface area contributed by atoms with Gasteiger partial charge in [-0.15, -0.1) is 0 Å². The Labute approximate surface area is 90.0 Å². The summed E-state index contributed by atoms with van der Waals surface area (Å²) in [4.78, 5) is 0. The fraction of sp³-hybridized carbons (Fsp3) is 0.455. The van der Waals surface area contributed by atoms with Crippen LogP contribution in [0.1, 0.15) is 25.8 Å². The van der Waals surface area contributed by atoms with E-state index in [0.717, 1.165) is 12.0 Å².